The van der Waals surface area contributed by atoms with E-state index >= 15 is 0 Å². The lowest BCUT2D eigenvalue weighted by atomic mass is 10.0. The van der Waals surface area contributed by atoms with Crippen LogP contribution in [0.1, 0.15) is 110 Å². The molecular weight excluding hydrogens is 290 g/mol. The molecular formula is C23H48N+. The van der Waals surface area contributed by atoms with Gasteiger partial charge in [0.25, 0.3) is 0 Å². The van der Waals surface area contributed by atoms with Crippen LogP contribution in [0.2, 0.25) is 0 Å². The molecule has 0 amide bonds. The highest BCUT2D eigenvalue weighted by Gasteiger charge is 2.21. The summed E-state index contributed by atoms with van der Waals surface area (Å²) >= 11 is 0. The Morgan fingerprint density at radius 1 is 0.708 bits per heavy atom. The molecule has 0 heterocycles. The van der Waals surface area contributed by atoms with E-state index in [0.29, 0.717) is 0 Å². The molecule has 0 aromatic carbocycles. The number of likely N-dealkylation sites (N-methyl/N-ethyl adjacent to an activating group) is 1. The van der Waals surface area contributed by atoms with E-state index in [0.717, 1.165) is 17.1 Å². The van der Waals surface area contributed by atoms with Crippen molar-refractivity contribution in [2.75, 3.05) is 20.6 Å². The van der Waals surface area contributed by atoms with E-state index in [9.17, 15) is 0 Å². The van der Waals surface area contributed by atoms with Crippen molar-refractivity contribution in [3.63, 3.8) is 0 Å². The lowest BCUT2D eigenvalue weighted by Gasteiger charge is -2.35. The molecule has 0 saturated heterocycles. The maximum atomic E-state index is 3.89. The largest absolute Gasteiger partial charge is 0.323 e. The first kappa shape index (κ1) is 23.7. The van der Waals surface area contributed by atoms with Crippen LogP contribution in [0.5, 0.6) is 0 Å². The summed E-state index contributed by atoms with van der Waals surface area (Å²) in [4.78, 5) is 0. The normalized spacial score (nSPS) is 13.2. The predicted octanol–water partition coefficient (Wildman–Crippen LogP) is 7.51. The van der Waals surface area contributed by atoms with Crippen molar-refractivity contribution in [1.82, 2.24) is 0 Å². The smallest absolute Gasteiger partial charge is 0.0968 e. The van der Waals surface area contributed by atoms with Gasteiger partial charge >= 0.3 is 0 Å². The summed E-state index contributed by atoms with van der Waals surface area (Å²) in [5.41, 5.74) is 0. The molecule has 0 rings (SSSR count). The van der Waals surface area contributed by atoms with Gasteiger partial charge in [0.2, 0.25) is 0 Å². The Morgan fingerprint density at radius 2 is 1.08 bits per heavy atom. The zero-order valence-corrected chi connectivity index (χ0v) is 17.6. The van der Waals surface area contributed by atoms with Gasteiger partial charge in [-0.25, -0.2) is 0 Å². The molecule has 0 spiro atoms. The Balaban J connectivity index is 3.27. The van der Waals surface area contributed by atoms with Gasteiger partial charge in [-0.05, 0) is 25.8 Å². The Morgan fingerprint density at radius 3 is 1.46 bits per heavy atom. The molecule has 1 nitrogen and oxygen atoms in total. The fraction of sp³-hybridized carbons (Fsp3) is 0.913. The van der Waals surface area contributed by atoms with E-state index in [4.69, 9.17) is 0 Å². The maximum absolute atomic E-state index is 3.89. The van der Waals surface area contributed by atoms with Crippen LogP contribution >= 0.6 is 0 Å². The highest BCUT2D eigenvalue weighted by molar-refractivity contribution is 4.66. The van der Waals surface area contributed by atoms with E-state index in [1.54, 1.807) is 0 Å². The molecule has 0 radical (unpaired) electrons. The third kappa shape index (κ3) is 14.1. The average molecular weight is 339 g/mol. The molecule has 0 N–H and O–H groups in total. The lowest BCUT2D eigenvalue weighted by Crippen LogP contribution is -2.47. The van der Waals surface area contributed by atoms with Gasteiger partial charge < -0.3 is 4.48 Å². The van der Waals surface area contributed by atoms with Crippen LogP contribution in [0.25, 0.3) is 0 Å². The SMILES string of the molecule is C=CC[N+](C)(C)C(C)CCCCCCCCCCCCCCCC. The van der Waals surface area contributed by atoms with E-state index in [1.165, 1.54) is 96.3 Å². The minimum Gasteiger partial charge on any atom is -0.323 e. The van der Waals surface area contributed by atoms with Gasteiger partial charge in [-0.15, -0.1) is 0 Å². The van der Waals surface area contributed by atoms with E-state index in [1.807, 2.05) is 0 Å². The fourth-order valence-corrected chi connectivity index (χ4v) is 3.50. The topological polar surface area (TPSA) is 0 Å². The molecule has 0 bridgehead atoms. The highest BCUT2D eigenvalue weighted by Crippen LogP contribution is 2.16. The second kappa shape index (κ2) is 16.2. The first-order chi connectivity index (χ1) is 11.5. The summed E-state index contributed by atoms with van der Waals surface area (Å²) in [5, 5.41) is 0. The minimum absolute atomic E-state index is 0.750. The number of hydrogen-bond acceptors (Lipinski definition) is 0. The molecule has 0 fully saturated rings. The van der Waals surface area contributed by atoms with Crippen LogP contribution in [0.4, 0.5) is 0 Å². The Hall–Kier alpha value is -0.300. The maximum Gasteiger partial charge on any atom is 0.0968 e. The van der Waals surface area contributed by atoms with Crippen LogP contribution in [0.3, 0.4) is 0 Å². The monoisotopic (exact) mass is 338 g/mol. The van der Waals surface area contributed by atoms with Gasteiger partial charge in [-0.2, -0.15) is 0 Å². The summed E-state index contributed by atoms with van der Waals surface area (Å²) in [6.45, 7) is 9.66. The fourth-order valence-electron chi connectivity index (χ4n) is 3.50. The van der Waals surface area contributed by atoms with Gasteiger partial charge in [-0.3, -0.25) is 0 Å². The van der Waals surface area contributed by atoms with E-state index < -0.39 is 0 Å². The van der Waals surface area contributed by atoms with Crippen molar-refractivity contribution in [1.29, 1.82) is 0 Å². The Bertz CT molecular complexity index is 269. The summed E-state index contributed by atoms with van der Waals surface area (Å²) in [5.74, 6) is 0. The number of quaternary nitrogens is 1. The molecule has 1 unspecified atom stereocenters. The first-order valence-corrected chi connectivity index (χ1v) is 11.0. The predicted molar refractivity (Wildman–Crippen MR) is 112 cm³/mol. The number of hydrogen-bond donors (Lipinski definition) is 0. The van der Waals surface area contributed by atoms with Crippen LogP contribution in [0, 0.1) is 0 Å². The molecule has 0 aliphatic heterocycles. The molecule has 1 atom stereocenters. The van der Waals surface area contributed by atoms with Crippen molar-refractivity contribution in [3.05, 3.63) is 12.7 Å². The second-order valence-corrected chi connectivity index (χ2v) is 8.48. The molecule has 0 saturated carbocycles. The van der Waals surface area contributed by atoms with Crippen LogP contribution in [-0.4, -0.2) is 31.2 Å². The Kier molecular flexibility index (Phi) is 16.0. The zero-order valence-electron chi connectivity index (χ0n) is 17.6. The molecule has 0 aromatic rings. The molecule has 0 aliphatic rings. The van der Waals surface area contributed by atoms with Crippen LogP contribution in [-0.2, 0) is 0 Å². The lowest BCUT2D eigenvalue weighted by molar-refractivity contribution is -0.907. The third-order valence-electron chi connectivity index (χ3n) is 5.77. The van der Waals surface area contributed by atoms with Crippen LogP contribution in [0.15, 0.2) is 12.7 Å². The zero-order chi connectivity index (χ0) is 18.1. The van der Waals surface area contributed by atoms with Crippen molar-refractivity contribution in [3.8, 4) is 0 Å². The highest BCUT2D eigenvalue weighted by atomic mass is 15.3. The van der Waals surface area contributed by atoms with Gasteiger partial charge in [0.05, 0.1) is 26.7 Å². The van der Waals surface area contributed by atoms with Gasteiger partial charge in [0, 0.05) is 0 Å². The van der Waals surface area contributed by atoms with Gasteiger partial charge in [0.15, 0.2) is 0 Å². The van der Waals surface area contributed by atoms with Crippen molar-refractivity contribution in [2.24, 2.45) is 0 Å². The molecule has 24 heavy (non-hydrogen) atoms. The van der Waals surface area contributed by atoms with Crippen molar-refractivity contribution < 1.29 is 4.48 Å². The number of nitrogens with zero attached hydrogens (tertiary/aromatic N) is 1. The van der Waals surface area contributed by atoms with E-state index in [-0.39, 0.29) is 0 Å². The first-order valence-electron chi connectivity index (χ1n) is 11.0. The Labute approximate surface area is 154 Å². The molecule has 0 aromatic heterocycles. The standard InChI is InChI=1S/C23H48N/c1-6-8-9-10-11-12-13-14-15-16-17-18-19-20-21-23(3)24(4,5)22-7-2/h7,23H,2,6,8-22H2,1,3-5H3/q+1. The average Bonchev–Trinajstić information content (AvgIpc) is 2.54. The van der Waals surface area contributed by atoms with Crippen molar-refractivity contribution in [2.45, 2.75) is 116 Å². The summed E-state index contributed by atoms with van der Waals surface area (Å²) in [7, 11) is 4.66. The summed E-state index contributed by atoms with van der Waals surface area (Å²) in [6, 6.07) is 0.750. The molecule has 1 heteroatoms. The molecule has 144 valence electrons. The second-order valence-electron chi connectivity index (χ2n) is 8.48. The van der Waals surface area contributed by atoms with Crippen LogP contribution < -0.4 is 0 Å². The third-order valence-corrected chi connectivity index (χ3v) is 5.77. The summed E-state index contributed by atoms with van der Waals surface area (Å²) in [6.07, 6.45) is 23.7. The minimum atomic E-state index is 0.750. The number of unbranched alkanes of at least 4 members (excludes halogenated alkanes) is 13. The van der Waals surface area contributed by atoms with Gasteiger partial charge in [0.1, 0.15) is 0 Å². The summed E-state index contributed by atoms with van der Waals surface area (Å²) < 4.78 is 1.09. The molecule has 0 aliphatic carbocycles. The van der Waals surface area contributed by atoms with E-state index in [2.05, 4.69) is 40.6 Å². The quantitative estimate of drug-likeness (QED) is 0.138. The van der Waals surface area contributed by atoms with Crippen molar-refractivity contribution >= 4 is 0 Å². The van der Waals surface area contributed by atoms with Gasteiger partial charge in [-0.1, -0.05) is 97.0 Å². The number of rotatable bonds is 18.